The van der Waals surface area contributed by atoms with E-state index in [1.165, 1.54) is 23.7 Å². The van der Waals surface area contributed by atoms with Crippen LogP contribution in [0.1, 0.15) is 23.0 Å². The largest absolute Gasteiger partial charge is 0.494 e. The molecule has 28 heavy (non-hydrogen) atoms. The van der Waals surface area contributed by atoms with Crippen molar-refractivity contribution < 1.29 is 9.53 Å². The Hall–Kier alpha value is -3.32. The van der Waals surface area contributed by atoms with Crippen LogP contribution in [0.2, 0.25) is 0 Å². The second kappa shape index (κ2) is 8.14. The topological polar surface area (TPSA) is 68.2 Å². The standard InChI is InChI=1S/C21H18N4O2S/c1-2-27-16-8-9-17-19(12-16)28-21(24-17)25(14-15-6-4-3-5-7-15)20(26)18-13-22-10-11-23-18/h3-13H,2,14H2,1H3. The van der Waals surface area contributed by atoms with Crippen molar-refractivity contribution in [1.29, 1.82) is 0 Å². The highest BCUT2D eigenvalue weighted by Gasteiger charge is 2.23. The number of amides is 1. The third-order valence-corrected chi connectivity index (χ3v) is 5.14. The molecule has 4 aromatic rings. The monoisotopic (exact) mass is 390 g/mol. The third-order valence-electron chi connectivity index (χ3n) is 4.10. The zero-order valence-electron chi connectivity index (χ0n) is 15.3. The van der Waals surface area contributed by atoms with Crippen molar-refractivity contribution in [2.75, 3.05) is 11.5 Å². The van der Waals surface area contributed by atoms with Crippen molar-refractivity contribution in [2.24, 2.45) is 0 Å². The first-order valence-corrected chi connectivity index (χ1v) is 9.71. The van der Waals surface area contributed by atoms with E-state index in [-0.39, 0.29) is 11.6 Å². The predicted octanol–water partition coefficient (Wildman–Crippen LogP) is 4.33. The van der Waals surface area contributed by atoms with Crippen molar-refractivity contribution in [1.82, 2.24) is 15.0 Å². The highest BCUT2D eigenvalue weighted by Crippen LogP contribution is 2.33. The lowest BCUT2D eigenvalue weighted by molar-refractivity contribution is 0.0980. The third kappa shape index (κ3) is 3.84. The van der Waals surface area contributed by atoms with Gasteiger partial charge >= 0.3 is 0 Å². The van der Waals surface area contributed by atoms with Crippen LogP contribution in [0.5, 0.6) is 5.75 Å². The Balaban J connectivity index is 1.74. The Labute approximate surface area is 166 Å². The number of hydrogen-bond donors (Lipinski definition) is 0. The normalized spacial score (nSPS) is 10.8. The van der Waals surface area contributed by atoms with Gasteiger partial charge in [0.15, 0.2) is 5.13 Å². The number of aromatic nitrogens is 3. The summed E-state index contributed by atoms with van der Waals surface area (Å²) in [6, 6.07) is 15.6. The van der Waals surface area contributed by atoms with Crippen LogP contribution in [0.15, 0.2) is 67.1 Å². The maximum atomic E-state index is 13.2. The number of ether oxygens (including phenoxy) is 1. The molecule has 4 rings (SSSR count). The number of fused-ring (bicyclic) bond motifs is 1. The Morgan fingerprint density at radius 1 is 1.14 bits per heavy atom. The molecule has 140 valence electrons. The molecule has 2 heterocycles. The predicted molar refractivity (Wildman–Crippen MR) is 110 cm³/mol. The molecular formula is C21H18N4O2S. The summed E-state index contributed by atoms with van der Waals surface area (Å²) in [6.45, 7) is 2.94. The maximum Gasteiger partial charge on any atom is 0.280 e. The van der Waals surface area contributed by atoms with Gasteiger partial charge in [0.05, 0.1) is 29.6 Å². The van der Waals surface area contributed by atoms with Crippen molar-refractivity contribution in [2.45, 2.75) is 13.5 Å². The number of hydrogen-bond acceptors (Lipinski definition) is 6. The number of benzene rings is 2. The first-order valence-electron chi connectivity index (χ1n) is 8.90. The lowest BCUT2D eigenvalue weighted by Crippen LogP contribution is -2.31. The molecule has 0 aliphatic carbocycles. The SMILES string of the molecule is CCOc1ccc2nc(N(Cc3ccccc3)C(=O)c3cnccn3)sc2c1. The number of thiazole rings is 1. The highest BCUT2D eigenvalue weighted by atomic mass is 32.1. The van der Waals surface area contributed by atoms with Gasteiger partial charge in [-0.05, 0) is 30.7 Å². The van der Waals surface area contributed by atoms with Crippen LogP contribution in [-0.2, 0) is 6.54 Å². The maximum absolute atomic E-state index is 13.2. The van der Waals surface area contributed by atoms with Gasteiger partial charge in [-0.25, -0.2) is 9.97 Å². The van der Waals surface area contributed by atoms with Crippen molar-refractivity contribution in [3.05, 3.63) is 78.4 Å². The number of carbonyl (C=O) groups is 1. The van der Waals surface area contributed by atoms with Gasteiger partial charge in [-0.2, -0.15) is 0 Å². The van der Waals surface area contributed by atoms with E-state index in [0.29, 0.717) is 18.3 Å². The minimum atomic E-state index is -0.235. The molecule has 1 amide bonds. The smallest absolute Gasteiger partial charge is 0.280 e. The van der Waals surface area contributed by atoms with E-state index in [9.17, 15) is 4.79 Å². The van der Waals surface area contributed by atoms with Crippen LogP contribution in [0.4, 0.5) is 5.13 Å². The second-order valence-electron chi connectivity index (χ2n) is 6.03. The summed E-state index contributed by atoms with van der Waals surface area (Å²) in [6.07, 6.45) is 4.53. The summed E-state index contributed by atoms with van der Waals surface area (Å²) in [7, 11) is 0. The van der Waals surface area contributed by atoms with Gasteiger partial charge in [0.25, 0.3) is 5.91 Å². The molecule has 0 atom stereocenters. The molecule has 0 saturated carbocycles. The zero-order valence-corrected chi connectivity index (χ0v) is 16.1. The molecule has 2 aromatic carbocycles. The van der Waals surface area contributed by atoms with E-state index >= 15 is 0 Å². The molecule has 0 fully saturated rings. The fraction of sp³-hybridized carbons (Fsp3) is 0.143. The molecule has 0 N–H and O–H groups in total. The molecule has 0 spiro atoms. The average molecular weight is 390 g/mol. The van der Waals surface area contributed by atoms with Gasteiger partial charge in [-0.3, -0.25) is 14.7 Å². The quantitative estimate of drug-likeness (QED) is 0.490. The zero-order chi connectivity index (χ0) is 19.3. The van der Waals surface area contributed by atoms with E-state index in [2.05, 4.69) is 15.0 Å². The Bertz CT molecular complexity index is 1080. The van der Waals surface area contributed by atoms with E-state index in [1.807, 2.05) is 55.5 Å². The first kappa shape index (κ1) is 18.1. The second-order valence-corrected chi connectivity index (χ2v) is 7.04. The summed E-state index contributed by atoms with van der Waals surface area (Å²) in [4.78, 5) is 27.7. The minimum Gasteiger partial charge on any atom is -0.494 e. The van der Waals surface area contributed by atoms with Gasteiger partial charge < -0.3 is 4.74 Å². The van der Waals surface area contributed by atoms with E-state index in [4.69, 9.17) is 4.74 Å². The van der Waals surface area contributed by atoms with Crippen molar-refractivity contribution >= 4 is 32.6 Å². The van der Waals surface area contributed by atoms with Crippen LogP contribution in [0, 0.1) is 0 Å². The van der Waals surface area contributed by atoms with Gasteiger partial charge in [-0.15, -0.1) is 0 Å². The lowest BCUT2D eigenvalue weighted by Gasteiger charge is -2.19. The van der Waals surface area contributed by atoms with Crippen molar-refractivity contribution in [3.63, 3.8) is 0 Å². The van der Waals surface area contributed by atoms with E-state index in [0.717, 1.165) is 21.5 Å². The molecule has 0 aliphatic rings. The molecule has 0 bridgehead atoms. The fourth-order valence-corrected chi connectivity index (χ4v) is 3.80. The number of rotatable bonds is 6. The van der Waals surface area contributed by atoms with Gasteiger partial charge in [-0.1, -0.05) is 41.7 Å². The van der Waals surface area contributed by atoms with E-state index in [1.54, 1.807) is 11.1 Å². The molecule has 0 radical (unpaired) electrons. The summed E-state index contributed by atoms with van der Waals surface area (Å²) >= 11 is 1.45. The lowest BCUT2D eigenvalue weighted by atomic mass is 10.2. The molecular weight excluding hydrogens is 372 g/mol. The van der Waals surface area contributed by atoms with Crippen LogP contribution < -0.4 is 9.64 Å². The van der Waals surface area contributed by atoms with Crippen molar-refractivity contribution in [3.8, 4) is 5.75 Å². The summed E-state index contributed by atoms with van der Waals surface area (Å²) in [5.74, 6) is 0.557. The molecule has 2 aromatic heterocycles. The number of nitrogens with zero attached hydrogens (tertiary/aromatic N) is 4. The van der Waals surface area contributed by atoms with Crippen LogP contribution >= 0.6 is 11.3 Å². The minimum absolute atomic E-state index is 0.235. The summed E-state index contributed by atoms with van der Waals surface area (Å²) < 4.78 is 6.54. The fourth-order valence-electron chi connectivity index (χ4n) is 2.80. The van der Waals surface area contributed by atoms with Gasteiger partial charge in [0.2, 0.25) is 0 Å². The summed E-state index contributed by atoms with van der Waals surface area (Å²) in [5, 5.41) is 0.614. The van der Waals surface area contributed by atoms with E-state index < -0.39 is 0 Å². The highest BCUT2D eigenvalue weighted by molar-refractivity contribution is 7.22. The van der Waals surface area contributed by atoms with Crippen LogP contribution in [0.25, 0.3) is 10.2 Å². The molecule has 6 nitrogen and oxygen atoms in total. The van der Waals surface area contributed by atoms with Gasteiger partial charge in [0.1, 0.15) is 11.4 Å². The average Bonchev–Trinajstić information content (AvgIpc) is 3.16. The molecule has 0 unspecified atom stereocenters. The number of anilines is 1. The summed E-state index contributed by atoms with van der Waals surface area (Å²) in [5.41, 5.74) is 2.12. The Morgan fingerprint density at radius 2 is 2.00 bits per heavy atom. The van der Waals surface area contributed by atoms with Crippen LogP contribution in [0.3, 0.4) is 0 Å². The molecule has 7 heteroatoms. The number of carbonyl (C=O) groups excluding carboxylic acids is 1. The first-order chi connectivity index (χ1) is 13.7. The Kier molecular flexibility index (Phi) is 5.25. The molecule has 0 aliphatic heterocycles. The van der Waals surface area contributed by atoms with Gasteiger partial charge in [0, 0.05) is 12.4 Å². The molecule has 0 saturated heterocycles. The van der Waals surface area contributed by atoms with Crippen LogP contribution in [-0.4, -0.2) is 27.5 Å². The Morgan fingerprint density at radius 3 is 2.75 bits per heavy atom.